The van der Waals surface area contributed by atoms with E-state index < -0.39 is 23.6 Å². The largest absolute Gasteiger partial charge is 0.444 e. The minimum absolute atomic E-state index is 0.00694. The van der Waals surface area contributed by atoms with Crippen LogP contribution in [0.25, 0.3) is 67.1 Å². The number of ether oxygens (including phenoxy) is 2. The number of aromatic nitrogens is 10. The van der Waals surface area contributed by atoms with Crippen LogP contribution in [-0.4, -0.2) is 153 Å². The third-order valence-corrected chi connectivity index (χ3v) is 17.3. The molecule has 26 nitrogen and oxygen atoms in total. The summed E-state index contributed by atoms with van der Waals surface area (Å²) in [5.74, 6) is -0.159. The van der Waals surface area contributed by atoms with E-state index in [4.69, 9.17) is 20.3 Å². The van der Waals surface area contributed by atoms with Crippen LogP contribution in [0, 0.1) is 13.8 Å². The van der Waals surface area contributed by atoms with Crippen molar-refractivity contribution < 1.29 is 38.2 Å². The van der Waals surface area contributed by atoms with Gasteiger partial charge in [0.25, 0.3) is 11.8 Å². The van der Waals surface area contributed by atoms with Crippen LogP contribution in [0.4, 0.5) is 4.79 Å². The zero-order chi connectivity index (χ0) is 66.5. The number of pyridine rings is 2. The van der Waals surface area contributed by atoms with Gasteiger partial charge in [0.15, 0.2) is 17.9 Å². The van der Waals surface area contributed by atoms with Crippen LogP contribution in [0.15, 0.2) is 73.6 Å². The highest BCUT2D eigenvalue weighted by molar-refractivity contribution is 6.00. The molecule has 94 heavy (non-hydrogen) atoms. The zero-order valence-electron chi connectivity index (χ0n) is 54.8. The van der Waals surface area contributed by atoms with Crippen molar-refractivity contribution in [2.24, 2.45) is 5.73 Å². The molecule has 8 aromatic rings. The number of hydrogen-bond donors (Lipinski definition) is 10. The molecule has 498 valence electrons. The first-order valence-corrected chi connectivity index (χ1v) is 32.9. The molecule has 4 aliphatic heterocycles. The van der Waals surface area contributed by atoms with Crippen LogP contribution in [-0.2, 0) is 36.9 Å². The molecule has 0 aliphatic carbocycles. The fourth-order valence-electron chi connectivity index (χ4n) is 11.8. The zero-order valence-corrected chi connectivity index (χ0v) is 54.8. The molecule has 0 spiro atoms. The molecule has 12 rings (SSSR count). The fraction of sp³-hybridized carbons (Fsp3) is 0.471. The van der Waals surface area contributed by atoms with E-state index >= 15 is 0 Å². The third kappa shape index (κ3) is 16.5. The Hall–Kier alpha value is -9.40. The molecule has 4 atom stereocenters. The number of carbonyl (C=O) groups excluding carboxylic acids is 6. The predicted molar refractivity (Wildman–Crippen MR) is 357 cm³/mol. The highest BCUT2D eigenvalue weighted by atomic mass is 16.6. The van der Waals surface area contributed by atoms with Crippen LogP contribution < -0.4 is 37.6 Å². The first-order chi connectivity index (χ1) is 45.4. The molecule has 1 unspecified atom stereocenters. The summed E-state index contributed by atoms with van der Waals surface area (Å²) < 4.78 is 13.7. The summed E-state index contributed by atoms with van der Waals surface area (Å²) in [6, 6.07) is 10.9. The van der Waals surface area contributed by atoms with Gasteiger partial charge in [0.05, 0.1) is 36.0 Å². The fourth-order valence-corrected chi connectivity index (χ4v) is 11.8. The van der Waals surface area contributed by atoms with Gasteiger partial charge in [-0.15, -0.1) is 0 Å². The molecule has 0 bridgehead atoms. The van der Waals surface area contributed by atoms with Gasteiger partial charge in [0, 0.05) is 86.0 Å². The lowest BCUT2D eigenvalue weighted by atomic mass is 9.97. The Morgan fingerprint density at radius 2 is 1.24 bits per heavy atom. The standard InChI is InChI=1S/C36H46N8O5.C26H30N8O2.C6H12N2O/c1-6-43(35(47)49-36(3,4)5)21-24-18-37-19-26(22(24)2)23-13-14-29-25(17-23)31(42-44(29)30-12-8-10-16-48-30)32-39-20-28(40-32)34(46)41-27-11-7-9-15-38-33(27)45;1-3-27-11-17-12-28-13-19(15(17)2)16-7-8-20-18(10-16)23(34-33-20)24-30-14-22(31-24)26(36)32-21-6-4-5-9-29-25(21)35;7-5-3-1-2-4-8-6(5)9/h13-14,17-20,27,30H,6-12,15-16,21H2,1-5H3,(H,38,45)(H,39,40)(H,41,46);7-8,10,12-14,21,27H,3-6,9,11H2,1-2H3,(H,29,35)(H,30,31)(H,32,36)(H,33,34);5H,1-4,7H2,(H,8,9)/t27-,30?;21-;5-/m000/s1. The Morgan fingerprint density at radius 3 is 1.84 bits per heavy atom. The van der Waals surface area contributed by atoms with E-state index in [1.165, 1.54) is 18.0 Å². The molecule has 0 radical (unpaired) electrons. The second kappa shape index (κ2) is 31.0. The number of benzene rings is 2. The number of amides is 6. The van der Waals surface area contributed by atoms with E-state index in [1.807, 2.05) is 82.2 Å². The molecule has 4 saturated heterocycles. The van der Waals surface area contributed by atoms with Gasteiger partial charge in [-0.05, 0) is 183 Å². The maximum Gasteiger partial charge on any atom is 0.410 e. The topological polar surface area (TPSA) is 352 Å². The summed E-state index contributed by atoms with van der Waals surface area (Å²) in [5.41, 5.74) is 16.5. The average Bonchev–Trinajstić information content (AvgIpc) is 1.58. The van der Waals surface area contributed by atoms with Gasteiger partial charge in [0.1, 0.15) is 40.5 Å². The predicted octanol–water partition coefficient (Wildman–Crippen LogP) is 8.10. The third-order valence-electron chi connectivity index (χ3n) is 17.3. The Morgan fingerprint density at radius 1 is 0.681 bits per heavy atom. The molecule has 11 N–H and O–H groups in total. The van der Waals surface area contributed by atoms with Gasteiger partial charge in [-0.1, -0.05) is 19.1 Å². The molecule has 2 aromatic carbocycles. The molecule has 26 heteroatoms. The van der Waals surface area contributed by atoms with E-state index in [0.29, 0.717) is 68.7 Å². The van der Waals surface area contributed by atoms with Crippen molar-refractivity contribution in [2.75, 3.05) is 39.3 Å². The maximum atomic E-state index is 13.2. The monoisotopic (exact) mass is 1280 g/mol. The van der Waals surface area contributed by atoms with Gasteiger partial charge in [-0.2, -0.15) is 10.2 Å². The van der Waals surface area contributed by atoms with Gasteiger partial charge in [-0.25, -0.2) is 19.4 Å². The van der Waals surface area contributed by atoms with E-state index in [2.05, 4.69) is 98.0 Å². The first kappa shape index (κ1) is 67.5. The minimum atomic E-state index is -0.593. The van der Waals surface area contributed by atoms with Crippen molar-refractivity contribution in [3.8, 4) is 45.3 Å². The quantitative estimate of drug-likeness (QED) is 0.0463. The highest BCUT2D eigenvalue weighted by Gasteiger charge is 2.29. The van der Waals surface area contributed by atoms with E-state index in [-0.39, 0.29) is 53.4 Å². The summed E-state index contributed by atoms with van der Waals surface area (Å²) >= 11 is 0. The summed E-state index contributed by atoms with van der Waals surface area (Å²) in [7, 11) is 0. The lowest BCUT2D eigenvalue weighted by Crippen LogP contribution is -2.45. The number of carbonyl (C=O) groups is 6. The highest BCUT2D eigenvalue weighted by Crippen LogP contribution is 2.37. The summed E-state index contributed by atoms with van der Waals surface area (Å²) in [5, 5.41) is 31.7. The molecule has 4 aliphatic rings. The van der Waals surface area contributed by atoms with Gasteiger partial charge >= 0.3 is 6.09 Å². The van der Waals surface area contributed by atoms with Crippen LogP contribution in [0.2, 0.25) is 0 Å². The van der Waals surface area contributed by atoms with Crippen LogP contribution >= 0.6 is 0 Å². The number of hydrogen-bond acceptors (Lipinski definition) is 16. The molecule has 6 aromatic heterocycles. The number of rotatable bonds is 15. The van der Waals surface area contributed by atoms with Gasteiger partial charge < -0.3 is 62.0 Å². The van der Waals surface area contributed by atoms with Crippen molar-refractivity contribution in [2.45, 2.75) is 169 Å². The second-order valence-electron chi connectivity index (χ2n) is 25.2. The van der Waals surface area contributed by atoms with Crippen molar-refractivity contribution in [3.05, 3.63) is 107 Å². The number of aromatic amines is 3. The molecular weight excluding hydrogens is 1200 g/mol. The maximum absolute atomic E-state index is 13.2. The number of fused-ring (bicyclic) bond motifs is 2. The van der Waals surface area contributed by atoms with Crippen molar-refractivity contribution in [1.29, 1.82) is 0 Å². The number of imidazole rings is 2. The number of nitrogens with one attached hydrogen (secondary N) is 9. The van der Waals surface area contributed by atoms with Crippen LogP contribution in [0.5, 0.6) is 0 Å². The van der Waals surface area contributed by atoms with Crippen LogP contribution in [0.3, 0.4) is 0 Å². The SMILES string of the molecule is CCN(Cc1cncc(-c2ccc3c(c2)c(-c2ncc(C(=O)N[C@H]4CCCCNC4=O)[nH]2)nn3C2CCCCO2)c1C)C(=O)OC(C)(C)C.CCNCc1cncc(-c2ccc3[nH]nc(-c4ncc(C(=O)N[C@H]5CCCCNC5=O)[nH]4)c3c2)c1C.N[C@H]1CCCCNC1=O. The molecule has 4 fully saturated rings. The average molecular weight is 1290 g/mol. The lowest BCUT2D eigenvalue weighted by molar-refractivity contribution is -0.123. The van der Waals surface area contributed by atoms with Crippen molar-refractivity contribution in [3.63, 3.8) is 0 Å². The molecule has 6 amide bonds. The summed E-state index contributed by atoms with van der Waals surface area (Å²) in [4.78, 5) is 100. The summed E-state index contributed by atoms with van der Waals surface area (Å²) in [6.07, 6.45) is 20.4. The van der Waals surface area contributed by atoms with Crippen LogP contribution in [0.1, 0.15) is 161 Å². The Bertz CT molecular complexity index is 3990. The molecule has 0 saturated carbocycles. The smallest absolute Gasteiger partial charge is 0.410 e. The number of nitrogens with zero attached hydrogens (tertiary/aromatic N) is 8. The first-order valence-electron chi connectivity index (χ1n) is 32.9. The second-order valence-corrected chi connectivity index (χ2v) is 25.2. The van der Waals surface area contributed by atoms with Gasteiger partial charge in [-0.3, -0.25) is 39.0 Å². The van der Waals surface area contributed by atoms with Gasteiger partial charge in [0.2, 0.25) is 17.7 Å². The molecule has 10 heterocycles. The van der Waals surface area contributed by atoms with Crippen molar-refractivity contribution in [1.82, 2.24) is 86.7 Å². The van der Waals surface area contributed by atoms with E-state index in [1.54, 1.807) is 11.1 Å². The molecular formula is C68H88N18O8. The Kier molecular flexibility index (Phi) is 22.3. The van der Waals surface area contributed by atoms with E-state index in [9.17, 15) is 28.8 Å². The Balaban J connectivity index is 0.000000187. The van der Waals surface area contributed by atoms with E-state index in [0.717, 1.165) is 145 Å². The Labute approximate surface area is 546 Å². The number of H-pyrrole nitrogens is 3. The van der Waals surface area contributed by atoms with Crippen molar-refractivity contribution >= 4 is 57.4 Å². The lowest BCUT2D eigenvalue weighted by Gasteiger charge is -2.27. The summed E-state index contributed by atoms with van der Waals surface area (Å²) in [6.45, 7) is 19.0. The normalized spacial score (nSPS) is 18.6. The minimum Gasteiger partial charge on any atom is -0.444 e. The number of nitrogens with two attached hydrogens (primary N) is 1.